The molecular formula is C15H32N2O. The van der Waals surface area contributed by atoms with Gasteiger partial charge in [0.2, 0.25) is 0 Å². The van der Waals surface area contributed by atoms with Gasteiger partial charge >= 0.3 is 0 Å². The van der Waals surface area contributed by atoms with Crippen LogP contribution in [0.4, 0.5) is 0 Å². The molecule has 0 aromatic heterocycles. The maximum absolute atomic E-state index is 5.23. The monoisotopic (exact) mass is 256 g/mol. The molecule has 108 valence electrons. The van der Waals surface area contributed by atoms with Crippen LogP contribution in [0.1, 0.15) is 40.5 Å². The van der Waals surface area contributed by atoms with E-state index in [1.807, 2.05) is 0 Å². The molecule has 0 heterocycles. The third-order valence-corrected chi connectivity index (χ3v) is 4.33. The summed E-state index contributed by atoms with van der Waals surface area (Å²) in [5.74, 6) is 1.64. The average molecular weight is 256 g/mol. The molecular weight excluding hydrogens is 224 g/mol. The fraction of sp³-hybridized carbons (Fsp3) is 1.00. The van der Waals surface area contributed by atoms with Gasteiger partial charge in [-0.2, -0.15) is 0 Å². The molecule has 3 heteroatoms. The Balaban J connectivity index is 2.26. The highest BCUT2D eigenvalue weighted by Crippen LogP contribution is 2.34. The van der Waals surface area contributed by atoms with Crippen LogP contribution >= 0.6 is 0 Å². The van der Waals surface area contributed by atoms with E-state index in [2.05, 4.69) is 37.9 Å². The van der Waals surface area contributed by atoms with E-state index in [-0.39, 0.29) is 0 Å². The molecule has 0 spiro atoms. The van der Waals surface area contributed by atoms with Gasteiger partial charge in [-0.1, -0.05) is 13.8 Å². The van der Waals surface area contributed by atoms with Crippen molar-refractivity contribution in [2.45, 2.75) is 52.6 Å². The first-order chi connectivity index (χ1) is 8.56. The Hall–Kier alpha value is -0.120. The van der Waals surface area contributed by atoms with Crippen molar-refractivity contribution in [3.63, 3.8) is 0 Å². The lowest BCUT2D eigenvalue weighted by atomic mass is 10.1. The first-order valence-corrected chi connectivity index (χ1v) is 7.52. The zero-order valence-electron chi connectivity index (χ0n) is 12.9. The van der Waals surface area contributed by atoms with Gasteiger partial charge in [-0.25, -0.2) is 0 Å². The largest absolute Gasteiger partial charge is 0.383 e. The number of hydrogen-bond acceptors (Lipinski definition) is 3. The molecule has 0 aromatic carbocycles. The van der Waals surface area contributed by atoms with Gasteiger partial charge in [0.25, 0.3) is 0 Å². The van der Waals surface area contributed by atoms with Gasteiger partial charge in [-0.15, -0.1) is 0 Å². The van der Waals surface area contributed by atoms with Crippen molar-refractivity contribution in [3.05, 3.63) is 0 Å². The van der Waals surface area contributed by atoms with Crippen LogP contribution in [0.3, 0.4) is 0 Å². The molecule has 2 atom stereocenters. The quantitative estimate of drug-likeness (QED) is 0.649. The van der Waals surface area contributed by atoms with Crippen LogP contribution in [0.2, 0.25) is 0 Å². The second-order valence-corrected chi connectivity index (χ2v) is 6.09. The molecule has 18 heavy (non-hydrogen) atoms. The van der Waals surface area contributed by atoms with Gasteiger partial charge in [0.1, 0.15) is 0 Å². The Morgan fingerprint density at radius 1 is 1.17 bits per heavy atom. The predicted octanol–water partition coefficient (Wildman–Crippen LogP) is 2.37. The molecule has 0 aliphatic heterocycles. The summed E-state index contributed by atoms with van der Waals surface area (Å²) in [7, 11) is 1.79. The highest BCUT2D eigenvalue weighted by Gasteiger charge is 2.31. The topological polar surface area (TPSA) is 24.5 Å². The van der Waals surface area contributed by atoms with E-state index < -0.39 is 0 Å². The van der Waals surface area contributed by atoms with Crippen molar-refractivity contribution in [1.82, 2.24) is 10.2 Å². The molecule has 1 fully saturated rings. The summed E-state index contributed by atoms with van der Waals surface area (Å²) in [6.07, 6.45) is 2.83. The molecule has 1 aliphatic rings. The van der Waals surface area contributed by atoms with E-state index in [9.17, 15) is 0 Å². The maximum atomic E-state index is 5.23. The molecule has 1 saturated carbocycles. The molecule has 1 N–H and O–H groups in total. The lowest BCUT2D eigenvalue weighted by Crippen LogP contribution is -2.43. The summed E-state index contributed by atoms with van der Waals surface area (Å²) in [5, 5.41) is 3.62. The SMILES string of the molecule is COCCN(CCNC(C)C(C)C)C(C)C1CC1. The van der Waals surface area contributed by atoms with Crippen molar-refractivity contribution >= 4 is 0 Å². The Kier molecular flexibility index (Phi) is 7.20. The summed E-state index contributed by atoms with van der Waals surface area (Å²) in [5.41, 5.74) is 0. The van der Waals surface area contributed by atoms with Crippen molar-refractivity contribution in [2.75, 3.05) is 33.4 Å². The number of ether oxygens (including phenoxy) is 1. The minimum Gasteiger partial charge on any atom is -0.383 e. The molecule has 0 amide bonds. The van der Waals surface area contributed by atoms with E-state index in [1.54, 1.807) is 7.11 Å². The summed E-state index contributed by atoms with van der Waals surface area (Å²) in [4.78, 5) is 2.58. The van der Waals surface area contributed by atoms with E-state index in [1.165, 1.54) is 12.8 Å². The minimum atomic E-state index is 0.602. The zero-order valence-corrected chi connectivity index (χ0v) is 12.9. The maximum Gasteiger partial charge on any atom is 0.0589 e. The standard InChI is InChI=1S/C15H32N2O/c1-12(2)13(3)16-8-9-17(10-11-18-5)14(4)15-6-7-15/h12-16H,6-11H2,1-5H3. The fourth-order valence-corrected chi connectivity index (χ4v) is 2.28. The Morgan fingerprint density at radius 2 is 1.83 bits per heavy atom. The van der Waals surface area contributed by atoms with E-state index in [0.717, 1.165) is 38.2 Å². The Bertz CT molecular complexity index is 217. The molecule has 1 aliphatic carbocycles. The highest BCUT2D eigenvalue weighted by molar-refractivity contribution is 4.85. The van der Waals surface area contributed by atoms with Crippen LogP contribution in [0.15, 0.2) is 0 Å². The van der Waals surface area contributed by atoms with Crippen LogP contribution in [-0.4, -0.2) is 50.3 Å². The van der Waals surface area contributed by atoms with Gasteiger partial charge in [0.15, 0.2) is 0 Å². The van der Waals surface area contributed by atoms with Crippen LogP contribution in [-0.2, 0) is 4.74 Å². The minimum absolute atomic E-state index is 0.602. The molecule has 0 bridgehead atoms. The number of methoxy groups -OCH3 is 1. The number of nitrogens with one attached hydrogen (secondary N) is 1. The molecule has 0 radical (unpaired) electrons. The highest BCUT2D eigenvalue weighted by atomic mass is 16.5. The summed E-state index contributed by atoms with van der Waals surface area (Å²) >= 11 is 0. The normalized spacial score (nSPS) is 19.5. The van der Waals surface area contributed by atoms with Gasteiger partial charge in [-0.3, -0.25) is 4.90 Å². The van der Waals surface area contributed by atoms with E-state index in [4.69, 9.17) is 4.74 Å². The van der Waals surface area contributed by atoms with Gasteiger partial charge in [0.05, 0.1) is 6.61 Å². The molecule has 1 rings (SSSR count). The molecule has 3 nitrogen and oxygen atoms in total. The number of rotatable bonds is 10. The lowest BCUT2D eigenvalue weighted by Gasteiger charge is -2.30. The van der Waals surface area contributed by atoms with Crippen LogP contribution in [0.5, 0.6) is 0 Å². The molecule has 0 aromatic rings. The molecule has 0 saturated heterocycles. The summed E-state index contributed by atoms with van der Waals surface area (Å²) in [6, 6.07) is 1.32. The van der Waals surface area contributed by atoms with Crippen molar-refractivity contribution in [1.29, 1.82) is 0 Å². The Labute approximate surface area is 113 Å². The second-order valence-electron chi connectivity index (χ2n) is 6.09. The summed E-state index contributed by atoms with van der Waals surface area (Å²) in [6.45, 7) is 13.3. The number of hydrogen-bond donors (Lipinski definition) is 1. The molecule has 2 unspecified atom stereocenters. The van der Waals surface area contributed by atoms with E-state index in [0.29, 0.717) is 12.0 Å². The third kappa shape index (κ3) is 5.68. The average Bonchev–Trinajstić information content (AvgIpc) is 3.16. The predicted molar refractivity (Wildman–Crippen MR) is 77.9 cm³/mol. The summed E-state index contributed by atoms with van der Waals surface area (Å²) < 4.78 is 5.23. The number of nitrogens with zero attached hydrogens (tertiary/aromatic N) is 1. The zero-order chi connectivity index (χ0) is 13.5. The first-order valence-electron chi connectivity index (χ1n) is 7.52. The van der Waals surface area contributed by atoms with E-state index >= 15 is 0 Å². The van der Waals surface area contributed by atoms with Gasteiger partial charge in [0, 0.05) is 38.8 Å². The van der Waals surface area contributed by atoms with Crippen LogP contribution in [0, 0.1) is 11.8 Å². The lowest BCUT2D eigenvalue weighted by molar-refractivity contribution is 0.116. The van der Waals surface area contributed by atoms with Crippen molar-refractivity contribution < 1.29 is 4.74 Å². The van der Waals surface area contributed by atoms with Gasteiger partial charge < -0.3 is 10.1 Å². The van der Waals surface area contributed by atoms with Crippen molar-refractivity contribution in [3.8, 4) is 0 Å². The Morgan fingerprint density at radius 3 is 2.33 bits per heavy atom. The second kappa shape index (κ2) is 8.13. The fourth-order valence-electron chi connectivity index (χ4n) is 2.28. The third-order valence-electron chi connectivity index (χ3n) is 4.33. The van der Waals surface area contributed by atoms with Crippen molar-refractivity contribution in [2.24, 2.45) is 11.8 Å². The van der Waals surface area contributed by atoms with Crippen LogP contribution < -0.4 is 5.32 Å². The first kappa shape index (κ1) is 15.9. The van der Waals surface area contributed by atoms with Gasteiger partial charge in [-0.05, 0) is 38.5 Å². The smallest absolute Gasteiger partial charge is 0.0589 e. The van der Waals surface area contributed by atoms with Crippen LogP contribution in [0.25, 0.3) is 0 Å².